The van der Waals surface area contributed by atoms with Crippen molar-refractivity contribution in [2.45, 2.75) is 25.5 Å². The molecule has 1 aromatic rings. The summed E-state index contributed by atoms with van der Waals surface area (Å²) < 4.78 is 46.4. The van der Waals surface area contributed by atoms with Crippen LogP contribution in [0.1, 0.15) is 26.3 Å². The second-order valence-corrected chi connectivity index (χ2v) is 6.51. The molecule has 100 valence electrons. The number of nitrogens with zero attached hydrogens (tertiary/aromatic N) is 1. The lowest BCUT2D eigenvalue weighted by Crippen LogP contribution is -2.25. The van der Waals surface area contributed by atoms with E-state index in [1.807, 2.05) is 0 Å². The Balaban J connectivity index is 3.11. The number of rotatable bonds is 3. The van der Waals surface area contributed by atoms with Crippen LogP contribution in [-0.4, -0.2) is 22.6 Å². The van der Waals surface area contributed by atoms with Gasteiger partial charge >= 0.3 is 0 Å². The third-order valence-electron chi connectivity index (χ3n) is 2.11. The zero-order valence-electron chi connectivity index (χ0n) is 10.7. The van der Waals surface area contributed by atoms with Gasteiger partial charge in [0.15, 0.2) is 11.6 Å². The van der Waals surface area contributed by atoms with Gasteiger partial charge in [0, 0.05) is 0 Å². The van der Waals surface area contributed by atoms with Crippen LogP contribution in [-0.2, 0) is 11.4 Å². The summed E-state index contributed by atoms with van der Waals surface area (Å²) in [5.41, 5.74) is -0.143. The van der Waals surface area contributed by atoms with E-state index < -0.39 is 27.7 Å². The van der Waals surface area contributed by atoms with E-state index >= 15 is 0 Å². The molecule has 0 saturated carbocycles. The van der Waals surface area contributed by atoms with Gasteiger partial charge in [0.25, 0.3) is 0 Å². The minimum absolute atomic E-state index is 0.142. The van der Waals surface area contributed by atoms with Gasteiger partial charge < -0.3 is 9.29 Å². The molecule has 6 heteroatoms. The van der Waals surface area contributed by atoms with Gasteiger partial charge in [0.2, 0.25) is 0 Å². The van der Waals surface area contributed by atoms with E-state index in [2.05, 4.69) is 4.40 Å². The standard InChI is InChI=1S/C12H15F2NO2S/c1-12(2,3)18(16)15-7-8-10(17-4)6-5-9(13)11(8)14/h5-7H,1-4H3/b15-7+/t18-/m0/s1. The molecule has 0 spiro atoms. The summed E-state index contributed by atoms with van der Waals surface area (Å²) in [7, 11) is 1.34. The lowest BCUT2D eigenvalue weighted by molar-refractivity contribution is 0.405. The fourth-order valence-corrected chi connectivity index (χ4v) is 1.62. The molecular weight excluding hydrogens is 260 g/mol. The Morgan fingerprint density at radius 1 is 1.33 bits per heavy atom. The van der Waals surface area contributed by atoms with E-state index in [-0.39, 0.29) is 11.3 Å². The molecule has 0 amide bonds. The largest absolute Gasteiger partial charge is 0.591 e. The first-order valence-corrected chi connectivity index (χ1v) is 6.36. The van der Waals surface area contributed by atoms with Crippen molar-refractivity contribution in [1.29, 1.82) is 0 Å². The van der Waals surface area contributed by atoms with E-state index in [9.17, 15) is 13.3 Å². The van der Waals surface area contributed by atoms with Crippen LogP contribution in [0.2, 0.25) is 0 Å². The van der Waals surface area contributed by atoms with Gasteiger partial charge in [-0.25, -0.2) is 8.78 Å². The maximum Gasteiger partial charge on any atom is 0.171 e. The number of methoxy groups -OCH3 is 1. The summed E-state index contributed by atoms with van der Waals surface area (Å²) in [5, 5.41) is 0. The van der Waals surface area contributed by atoms with Crippen LogP contribution in [0.25, 0.3) is 0 Å². The predicted molar refractivity (Wildman–Crippen MR) is 68.4 cm³/mol. The van der Waals surface area contributed by atoms with E-state index in [0.29, 0.717) is 0 Å². The quantitative estimate of drug-likeness (QED) is 0.629. The Kier molecular flexibility index (Phi) is 4.70. The Morgan fingerprint density at radius 3 is 2.44 bits per heavy atom. The van der Waals surface area contributed by atoms with Gasteiger partial charge in [-0.3, -0.25) is 0 Å². The maximum atomic E-state index is 13.6. The van der Waals surface area contributed by atoms with Crippen LogP contribution in [0, 0.1) is 11.6 Å². The first-order chi connectivity index (χ1) is 8.27. The molecule has 0 fully saturated rings. The van der Waals surface area contributed by atoms with Crippen LogP contribution < -0.4 is 4.74 Å². The number of halogens is 2. The Labute approximate surface area is 108 Å². The average Bonchev–Trinajstić information content (AvgIpc) is 2.29. The molecule has 18 heavy (non-hydrogen) atoms. The monoisotopic (exact) mass is 275 g/mol. The van der Waals surface area contributed by atoms with Crippen molar-refractivity contribution >= 4 is 17.6 Å². The van der Waals surface area contributed by atoms with Crippen molar-refractivity contribution in [2.24, 2.45) is 4.40 Å². The fraction of sp³-hybridized carbons (Fsp3) is 0.417. The van der Waals surface area contributed by atoms with Gasteiger partial charge in [-0.15, -0.1) is 0 Å². The van der Waals surface area contributed by atoms with E-state index in [4.69, 9.17) is 4.74 Å². The molecule has 0 saturated heterocycles. The molecule has 0 heterocycles. The minimum atomic E-state index is -1.54. The van der Waals surface area contributed by atoms with Crippen molar-refractivity contribution in [2.75, 3.05) is 7.11 Å². The number of hydrogen-bond acceptors (Lipinski definition) is 3. The molecule has 0 aliphatic carbocycles. The summed E-state index contributed by atoms with van der Waals surface area (Å²) in [6.45, 7) is 5.21. The molecular formula is C12H15F2NO2S. The highest BCUT2D eigenvalue weighted by Crippen LogP contribution is 2.23. The second-order valence-electron chi connectivity index (χ2n) is 4.57. The molecule has 0 aromatic heterocycles. The number of hydrogen-bond donors (Lipinski definition) is 0. The molecule has 0 unspecified atom stereocenters. The van der Waals surface area contributed by atoms with Crippen molar-refractivity contribution in [1.82, 2.24) is 0 Å². The third-order valence-corrected chi connectivity index (χ3v) is 3.46. The van der Waals surface area contributed by atoms with E-state index in [0.717, 1.165) is 12.3 Å². The van der Waals surface area contributed by atoms with Crippen LogP contribution >= 0.6 is 0 Å². The lowest BCUT2D eigenvalue weighted by atomic mass is 10.2. The summed E-state index contributed by atoms with van der Waals surface area (Å²) in [5.74, 6) is -1.92. The van der Waals surface area contributed by atoms with E-state index in [1.54, 1.807) is 20.8 Å². The normalized spacial score (nSPS) is 13.9. The van der Waals surface area contributed by atoms with Gasteiger partial charge in [0.1, 0.15) is 21.9 Å². The summed E-state index contributed by atoms with van der Waals surface area (Å²) in [4.78, 5) is 0. The van der Waals surface area contributed by atoms with Crippen molar-refractivity contribution in [3.05, 3.63) is 29.3 Å². The molecule has 1 aromatic carbocycles. The second kappa shape index (κ2) is 5.67. The molecule has 0 radical (unpaired) electrons. The zero-order valence-corrected chi connectivity index (χ0v) is 11.5. The molecule has 0 aliphatic rings. The van der Waals surface area contributed by atoms with Crippen LogP contribution in [0.4, 0.5) is 8.78 Å². The third kappa shape index (κ3) is 3.43. The maximum absolute atomic E-state index is 13.6. The molecule has 0 aliphatic heterocycles. The molecule has 3 nitrogen and oxygen atoms in total. The van der Waals surface area contributed by atoms with Gasteiger partial charge in [-0.05, 0) is 32.9 Å². The van der Waals surface area contributed by atoms with Crippen LogP contribution in [0.15, 0.2) is 16.5 Å². The SMILES string of the molecule is COc1ccc(F)c(F)c1/C=N/[S@@+]([O-])C(C)(C)C. The lowest BCUT2D eigenvalue weighted by Gasteiger charge is -2.17. The first kappa shape index (κ1) is 14.9. The minimum Gasteiger partial charge on any atom is -0.591 e. The van der Waals surface area contributed by atoms with Crippen molar-refractivity contribution in [3.63, 3.8) is 0 Å². The van der Waals surface area contributed by atoms with Crippen LogP contribution in [0.5, 0.6) is 5.75 Å². The number of ether oxygens (including phenoxy) is 1. The summed E-state index contributed by atoms with van der Waals surface area (Å²) >= 11 is -1.54. The van der Waals surface area contributed by atoms with E-state index in [1.165, 1.54) is 13.2 Å². The number of benzene rings is 1. The molecule has 0 bridgehead atoms. The summed E-state index contributed by atoms with van der Waals surface area (Å²) in [6.07, 6.45) is 1.04. The summed E-state index contributed by atoms with van der Waals surface area (Å²) in [6, 6.07) is 2.26. The average molecular weight is 275 g/mol. The van der Waals surface area contributed by atoms with Gasteiger partial charge in [-0.2, -0.15) is 0 Å². The predicted octanol–water partition coefficient (Wildman–Crippen LogP) is 2.85. The van der Waals surface area contributed by atoms with Crippen LogP contribution in [0.3, 0.4) is 0 Å². The molecule has 1 atom stereocenters. The van der Waals surface area contributed by atoms with Crippen molar-refractivity contribution < 1.29 is 18.1 Å². The Hall–Kier alpha value is -1.14. The smallest absolute Gasteiger partial charge is 0.171 e. The first-order valence-electron chi connectivity index (χ1n) is 5.25. The fourth-order valence-electron chi connectivity index (χ4n) is 1.11. The Bertz CT molecular complexity index is 458. The Morgan fingerprint density at radius 2 is 1.94 bits per heavy atom. The topological polar surface area (TPSA) is 44.6 Å². The molecule has 0 N–H and O–H groups in total. The highest BCUT2D eigenvalue weighted by molar-refractivity contribution is 7.91. The highest BCUT2D eigenvalue weighted by Gasteiger charge is 2.26. The zero-order chi connectivity index (χ0) is 13.9. The molecule has 1 rings (SSSR count). The van der Waals surface area contributed by atoms with Crippen molar-refractivity contribution in [3.8, 4) is 5.75 Å². The highest BCUT2D eigenvalue weighted by atomic mass is 32.2. The van der Waals surface area contributed by atoms with Gasteiger partial charge in [-0.1, -0.05) is 4.40 Å². The van der Waals surface area contributed by atoms with Gasteiger partial charge in [0.05, 0.1) is 18.9 Å².